The van der Waals surface area contributed by atoms with E-state index in [0.29, 0.717) is 48.7 Å². The van der Waals surface area contributed by atoms with Crippen molar-refractivity contribution in [3.05, 3.63) is 83.7 Å². The molecule has 0 saturated carbocycles. The molecule has 4 aliphatic heterocycles. The van der Waals surface area contributed by atoms with Crippen LogP contribution in [0.3, 0.4) is 0 Å². The molecule has 0 aliphatic carbocycles. The second-order valence-corrected chi connectivity index (χ2v) is 23.6. The van der Waals surface area contributed by atoms with E-state index in [0.717, 1.165) is 16.9 Å². The Hall–Kier alpha value is -4.64. The summed E-state index contributed by atoms with van der Waals surface area (Å²) in [6, 6.07) is 15.0. The minimum Gasteiger partial charge on any atom is -0.377 e. The number of nitrogens with zero attached hydrogens (tertiary/aromatic N) is 5. The van der Waals surface area contributed by atoms with E-state index in [1.807, 2.05) is 88.5 Å². The van der Waals surface area contributed by atoms with Gasteiger partial charge in [0, 0.05) is 0 Å². The number of carbonyl (C=O) groups excluding carboxylic acids is 5. The minimum absolute atomic E-state index is 0.102. The van der Waals surface area contributed by atoms with E-state index in [9.17, 15) is 24.0 Å². The largest absolute Gasteiger partial charge is 0.377 e. The van der Waals surface area contributed by atoms with Gasteiger partial charge in [-0.2, -0.15) is 0 Å². The summed E-state index contributed by atoms with van der Waals surface area (Å²) in [5.74, 6) is 0.325. The van der Waals surface area contributed by atoms with Gasteiger partial charge >= 0.3 is 0 Å². The summed E-state index contributed by atoms with van der Waals surface area (Å²) in [6.45, 7) is 12.9. The predicted octanol–water partition coefficient (Wildman–Crippen LogP) is 3.69. The lowest BCUT2D eigenvalue weighted by atomic mass is 9.83. The van der Waals surface area contributed by atoms with Gasteiger partial charge in [0.15, 0.2) is 0 Å². The lowest BCUT2D eigenvalue weighted by Crippen LogP contribution is -2.58. The number of likely N-dealkylation sites (N-methyl/N-ethyl adjacent to an activating group) is 2. The molecule has 0 radical (unpaired) electrons. The fourth-order valence-electron chi connectivity index (χ4n) is 10.0. The fourth-order valence-corrected chi connectivity index (χ4v) is 13.4. The van der Waals surface area contributed by atoms with E-state index in [1.54, 1.807) is 58.2 Å². The maximum atomic E-state index is 14.5. The molecule has 10 atom stereocenters. The first-order valence-corrected chi connectivity index (χ1v) is 27.5. The molecular weight excluding hydrogens is 975 g/mol. The first kappa shape index (κ1) is 55.1. The van der Waals surface area contributed by atoms with Crippen molar-refractivity contribution in [3.8, 4) is 0 Å². The van der Waals surface area contributed by atoms with Crippen molar-refractivity contribution in [1.82, 2.24) is 56.7 Å². The van der Waals surface area contributed by atoms with Gasteiger partial charge < -0.3 is 51.2 Å². The molecule has 4 saturated heterocycles. The molecular formula is C51H73N11O7S3. The van der Waals surface area contributed by atoms with Gasteiger partial charge in [0.25, 0.3) is 0 Å². The SMILES string of the molecule is CN[C@@H](C)C(=O)N[C@H]1CCS[C@H]2CC(C)(C)[C@@H](C(=O)N[C@H](COCCn3cc(COC[C@@H](NC(=O)[C@H]4N5C(=O)[C@@H](NC(=S)[C@H](C)NC)CCS[C@H]5CC4(C)C)c4ccccc4)nn3)c3ccccc3)N2C1=O. The maximum absolute atomic E-state index is 14.5. The second-order valence-electron chi connectivity index (χ2n) is 20.6. The fraction of sp³-hybridized carbons (Fsp3) is 0.608. The molecule has 0 bridgehead atoms. The van der Waals surface area contributed by atoms with Crippen LogP contribution in [0.25, 0.3) is 0 Å². The van der Waals surface area contributed by atoms with Crippen LogP contribution >= 0.6 is 35.7 Å². The Kier molecular flexibility index (Phi) is 18.8. The average molecular weight is 1050 g/mol. The lowest BCUT2D eigenvalue weighted by molar-refractivity contribution is -0.144. The lowest BCUT2D eigenvalue weighted by Gasteiger charge is -2.35. The maximum Gasteiger partial charge on any atom is 0.246 e. The van der Waals surface area contributed by atoms with Crippen LogP contribution in [0.2, 0.25) is 0 Å². The van der Waals surface area contributed by atoms with Crippen molar-refractivity contribution in [2.75, 3.05) is 45.4 Å². The molecule has 2 aromatic carbocycles. The third-order valence-electron chi connectivity index (χ3n) is 14.3. The number of rotatable bonds is 21. The molecule has 392 valence electrons. The highest BCUT2D eigenvalue weighted by atomic mass is 32.2. The molecule has 1 aromatic heterocycles. The number of nitrogens with one attached hydrogen (secondary N) is 6. The van der Waals surface area contributed by atoms with Gasteiger partial charge in [-0.25, -0.2) is 4.68 Å². The zero-order valence-electron chi connectivity index (χ0n) is 42.7. The highest BCUT2D eigenvalue weighted by Gasteiger charge is 2.56. The van der Waals surface area contributed by atoms with Crippen LogP contribution in [0.1, 0.15) is 96.1 Å². The number of thiocarbonyl (C=S) groups is 1. The van der Waals surface area contributed by atoms with E-state index in [1.165, 1.54) is 0 Å². The summed E-state index contributed by atoms with van der Waals surface area (Å²) in [6.07, 6.45) is 4.21. The Morgan fingerprint density at radius 3 is 1.72 bits per heavy atom. The molecule has 0 spiro atoms. The van der Waals surface area contributed by atoms with Crippen molar-refractivity contribution in [3.63, 3.8) is 0 Å². The van der Waals surface area contributed by atoms with E-state index >= 15 is 0 Å². The second kappa shape index (κ2) is 24.6. The van der Waals surface area contributed by atoms with Crippen LogP contribution in [0.5, 0.6) is 0 Å². The van der Waals surface area contributed by atoms with E-state index in [2.05, 4.69) is 56.1 Å². The summed E-state index contributed by atoms with van der Waals surface area (Å²) in [7, 11) is 3.52. The summed E-state index contributed by atoms with van der Waals surface area (Å²) in [5.41, 5.74) is 1.31. The van der Waals surface area contributed by atoms with Crippen LogP contribution in [0.4, 0.5) is 0 Å². The van der Waals surface area contributed by atoms with E-state index < -0.39 is 53.1 Å². The smallest absolute Gasteiger partial charge is 0.246 e. The minimum atomic E-state index is -0.757. The number of hydrogen-bond acceptors (Lipinski definition) is 14. The van der Waals surface area contributed by atoms with Crippen LogP contribution < -0.4 is 31.9 Å². The predicted molar refractivity (Wildman–Crippen MR) is 283 cm³/mol. The summed E-state index contributed by atoms with van der Waals surface area (Å²) in [4.78, 5) is 74.2. The average Bonchev–Trinajstić information content (AvgIpc) is 3.95. The molecule has 0 unspecified atom stereocenters. The number of ether oxygens (including phenoxy) is 2. The zero-order valence-corrected chi connectivity index (χ0v) is 45.2. The van der Waals surface area contributed by atoms with Gasteiger partial charge in [0.2, 0.25) is 29.5 Å². The molecule has 6 N–H and O–H groups in total. The summed E-state index contributed by atoms with van der Waals surface area (Å²) in [5, 5.41) is 27.1. The topological polar surface area (TPSA) is 213 Å². The van der Waals surface area contributed by atoms with Crippen molar-refractivity contribution >= 4 is 70.3 Å². The molecule has 4 fully saturated rings. The van der Waals surface area contributed by atoms with E-state index in [4.69, 9.17) is 21.7 Å². The van der Waals surface area contributed by atoms with Crippen LogP contribution in [-0.2, 0) is 46.6 Å². The Morgan fingerprint density at radius 1 is 0.736 bits per heavy atom. The Labute approximate surface area is 437 Å². The van der Waals surface area contributed by atoms with Gasteiger partial charge in [-0.15, -0.1) is 28.6 Å². The van der Waals surface area contributed by atoms with Crippen LogP contribution in [0, 0.1) is 10.8 Å². The summed E-state index contributed by atoms with van der Waals surface area (Å²) >= 11 is 8.98. The Balaban J connectivity index is 0.944. The van der Waals surface area contributed by atoms with E-state index in [-0.39, 0.29) is 72.8 Å². The molecule has 21 heteroatoms. The Bertz CT molecular complexity index is 2360. The number of carbonyl (C=O) groups is 5. The molecule has 5 heterocycles. The Morgan fingerprint density at radius 2 is 1.22 bits per heavy atom. The van der Waals surface area contributed by atoms with Gasteiger partial charge in [-0.3, -0.25) is 24.0 Å². The number of benzene rings is 2. The number of fused-ring (bicyclic) bond motifs is 2. The number of amides is 5. The highest BCUT2D eigenvalue weighted by Crippen LogP contribution is 2.48. The standard InChI is InChI=1S/C51H73N11O7S3/c1-31(52-7)44(63)54-36-19-23-71-40-25-50(3,4)42(61(40)48(36)66)45(64)55-38(33-15-11-9-12-16-33)29-68-22-21-60-27-35(58-59-60)28-69-30-39(34-17-13-10-14-18-34)56-46(65)43-51(5,6)26-41-62(43)49(67)37(20-24-72-41)57-47(70)32(2)53-8/h9-18,27,31-32,36-43,52-53H,19-26,28-30H2,1-8H3,(H,54,63)(H,55,64)(H,56,65)(H,57,70)/t31-,32-,36-,37-,38+,39+,40-,41-,42+,43+/m0/s1. The molecule has 5 amide bonds. The monoisotopic (exact) mass is 1050 g/mol. The van der Waals surface area contributed by atoms with Crippen molar-refractivity contribution < 1.29 is 33.4 Å². The van der Waals surface area contributed by atoms with Gasteiger partial charge in [-0.1, -0.05) is 106 Å². The van der Waals surface area contributed by atoms with Gasteiger partial charge in [0.1, 0.15) is 29.9 Å². The number of thioether (sulfide) groups is 2. The number of aromatic nitrogens is 3. The third kappa shape index (κ3) is 13.2. The van der Waals surface area contributed by atoms with Crippen molar-refractivity contribution in [2.45, 2.75) is 139 Å². The normalized spacial score (nSPS) is 25.2. The van der Waals surface area contributed by atoms with Gasteiger partial charge in [-0.05, 0) is 87.1 Å². The van der Waals surface area contributed by atoms with Crippen LogP contribution in [-0.4, -0.2) is 152 Å². The molecule has 4 aliphatic rings. The van der Waals surface area contributed by atoms with Crippen molar-refractivity contribution in [1.29, 1.82) is 0 Å². The zero-order chi connectivity index (χ0) is 51.7. The molecule has 72 heavy (non-hydrogen) atoms. The number of hydrogen-bond donors (Lipinski definition) is 6. The molecule has 18 nitrogen and oxygen atoms in total. The first-order chi connectivity index (χ1) is 34.4. The molecule has 3 aromatic rings. The third-order valence-corrected chi connectivity index (χ3v) is 17.3. The highest BCUT2D eigenvalue weighted by molar-refractivity contribution is 8.00. The molecule has 7 rings (SSSR count). The summed E-state index contributed by atoms with van der Waals surface area (Å²) < 4.78 is 14.1. The van der Waals surface area contributed by atoms with Crippen LogP contribution in [0.15, 0.2) is 66.9 Å². The van der Waals surface area contributed by atoms with Gasteiger partial charge in [0.05, 0.1) is 79.1 Å². The quantitative estimate of drug-likeness (QED) is 0.0664. The first-order valence-electron chi connectivity index (χ1n) is 25.0. The van der Waals surface area contributed by atoms with Crippen molar-refractivity contribution in [2.24, 2.45) is 10.8 Å².